The monoisotopic (exact) mass is 464 g/mol. The van der Waals surface area contributed by atoms with E-state index in [2.05, 4.69) is 10.2 Å². The van der Waals surface area contributed by atoms with Gasteiger partial charge in [-0.25, -0.2) is 0 Å². The maximum atomic E-state index is 12.6. The lowest BCUT2D eigenvalue weighted by Crippen LogP contribution is -2.48. The second-order valence-electron chi connectivity index (χ2n) is 7.63. The maximum absolute atomic E-state index is 12.6. The van der Waals surface area contributed by atoms with E-state index in [9.17, 15) is 19.7 Å². The molecule has 0 saturated carbocycles. The van der Waals surface area contributed by atoms with Gasteiger partial charge in [-0.3, -0.25) is 19.7 Å². The van der Waals surface area contributed by atoms with E-state index in [0.29, 0.717) is 37.6 Å². The molecule has 0 spiro atoms. The van der Waals surface area contributed by atoms with Gasteiger partial charge in [0.15, 0.2) is 11.5 Å². The Bertz CT molecular complexity index is 1170. The molecule has 4 rings (SSSR count). The number of nitrogens with zero attached hydrogens (tertiary/aromatic N) is 3. The molecular formula is C24H24N4O6. The molecule has 1 aliphatic rings. The summed E-state index contributed by atoms with van der Waals surface area (Å²) in [5, 5.41) is 14.1. The zero-order chi connectivity index (χ0) is 24.1. The summed E-state index contributed by atoms with van der Waals surface area (Å²) in [5.41, 5.74) is 1.45. The van der Waals surface area contributed by atoms with Crippen molar-refractivity contribution in [1.82, 2.24) is 4.90 Å². The number of rotatable bonds is 7. The van der Waals surface area contributed by atoms with Crippen molar-refractivity contribution in [2.75, 3.05) is 43.0 Å². The van der Waals surface area contributed by atoms with Crippen LogP contribution in [0.3, 0.4) is 0 Å². The van der Waals surface area contributed by atoms with Crippen molar-refractivity contribution < 1.29 is 23.7 Å². The Balaban J connectivity index is 1.36. The molecule has 0 unspecified atom stereocenters. The van der Waals surface area contributed by atoms with E-state index in [-0.39, 0.29) is 29.5 Å². The highest BCUT2D eigenvalue weighted by atomic mass is 16.6. The Morgan fingerprint density at radius 2 is 1.82 bits per heavy atom. The van der Waals surface area contributed by atoms with Gasteiger partial charge in [0.05, 0.1) is 17.8 Å². The topological polar surface area (TPSA) is 118 Å². The second-order valence-corrected chi connectivity index (χ2v) is 7.63. The van der Waals surface area contributed by atoms with Crippen LogP contribution in [0.25, 0.3) is 0 Å². The third-order valence-corrected chi connectivity index (χ3v) is 5.51. The number of piperazine rings is 1. The lowest BCUT2D eigenvalue weighted by molar-refractivity contribution is -0.385. The van der Waals surface area contributed by atoms with Crippen LogP contribution in [-0.2, 0) is 0 Å². The predicted octanol–water partition coefficient (Wildman–Crippen LogP) is 3.80. The molecule has 10 nitrogen and oxygen atoms in total. The molecule has 1 N–H and O–H groups in total. The van der Waals surface area contributed by atoms with E-state index in [4.69, 9.17) is 9.15 Å². The fraction of sp³-hybridized carbons (Fsp3) is 0.250. The number of ether oxygens (including phenoxy) is 1. The van der Waals surface area contributed by atoms with E-state index >= 15 is 0 Å². The standard InChI is InChI=1S/C24H24N4O6/c1-2-33-21-10-5-17(16-20(21)28(31)32)23(29)25-18-6-8-19(9-7-18)26-11-13-27(14-12-26)24(30)22-4-3-15-34-22/h3-10,15-16H,2,11-14H2,1H3,(H,25,29). The maximum Gasteiger partial charge on any atom is 0.311 e. The number of nitrogens with one attached hydrogen (secondary N) is 1. The predicted molar refractivity (Wildman–Crippen MR) is 125 cm³/mol. The SMILES string of the molecule is CCOc1ccc(C(=O)Nc2ccc(N3CCN(C(=O)c4ccco4)CC3)cc2)cc1[N+](=O)[O-]. The normalized spacial score (nSPS) is 13.4. The van der Waals surface area contributed by atoms with Crippen LogP contribution in [0.1, 0.15) is 27.8 Å². The molecule has 0 aliphatic carbocycles. The Morgan fingerprint density at radius 3 is 2.44 bits per heavy atom. The van der Waals surface area contributed by atoms with Crippen LogP contribution in [0.4, 0.5) is 17.1 Å². The molecule has 2 amide bonds. The van der Waals surface area contributed by atoms with Gasteiger partial charge >= 0.3 is 5.69 Å². The second kappa shape index (κ2) is 10.1. The lowest BCUT2D eigenvalue weighted by atomic mass is 10.1. The van der Waals surface area contributed by atoms with Crippen molar-refractivity contribution in [1.29, 1.82) is 0 Å². The molecule has 1 fully saturated rings. The number of amides is 2. The molecule has 0 atom stereocenters. The summed E-state index contributed by atoms with van der Waals surface area (Å²) in [5.74, 6) is -0.105. The first kappa shape index (κ1) is 22.8. The molecule has 176 valence electrons. The Morgan fingerprint density at radius 1 is 1.09 bits per heavy atom. The van der Waals surface area contributed by atoms with Gasteiger partial charge in [-0.1, -0.05) is 0 Å². The quantitative estimate of drug-likeness (QED) is 0.417. The van der Waals surface area contributed by atoms with Crippen LogP contribution in [0.15, 0.2) is 65.3 Å². The number of carbonyl (C=O) groups excluding carboxylic acids is 2. The number of hydrogen-bond acceptors (Lipinski definition) is 7. The number of nitro groups is 1. The fourth-order valence-electron chi connectivity index (χ4n) is 3.76. The van der Waals surface area contributed by atoms with Crippen molar-refractivity contribution in [2.24, 2.45) is 0 Å². The van der Waals surface area contributed by atoms with Crippen molar-refractivity contribution in [2.45, 2.75) is 6.92 Å². The van der Waals surface area contributed by atoms with Crippen LogP contribution < -0.4 is 15.0 Å². The van der Waals surface area contributed by atoms with Gasteiger partial charge in [-0.15, -0.1) is 0 Å². The molecule has 1 saturated heterocycles. The van der Waals surface area contributed by atoms with Crippen LogP contribution >= 0.6 is 0 Å². The first-order chi connectivity index (χ1) is 16.5. The zero-order valence-corrected chi connectivity index (χ0v) is 18.6. The van der Waals surface area contributed by atoms with E-state index in [1.54, 1.807) is 36.1 Å². The van der Waals surface area contributed by atoms with Crippen molar-refractivity contribution in [3.63, 3.8) is 0 Å². The average molecular weight is 464 g/mol. The van der Waals surface area contributed by atoms with Gasteiger partial charge in [0.2, 0.25) is 0 Å². The molecule has 1 aliphatic heterocycles. The van der Waals surface area contributed by atoms with Crippen LogP contribution in [0.2, 0.25) is 0 Å². The number of anilines is 2. The smallest absolute Gasteiger partial charge is 0.311 e. The van der Waals surface area contributed by atoms with E-state index in [1.807, 2.05) is 12.1 Å². The molecular weight excluding hydrogens is 440 g/mol. The summed E-state index contributed by atoms with van der Waals surface area (Å²) in [6, 6.07) is 14.8. The molecule has 2 heterocycles. The first-order valence-electron chi connectivity index (χ1n) is 10.9. The van der Waals surface area contributed by atoms with Gasteiger partial charge in [-0.2, -0.15) is 0 Å². The summed E-state index contributed by atoms with van der Waals surface area (Å²) >= 11 is 0. The summed E-state index contributed by atoms with van der Waals surface area (Å²) in [7, 11) is 0. The number of furan rings is 1. The highest BCUT2D eigenvalue weighted by Gasteiger charge is 2.24. The Kier molecular flexibility index (Phi) is 6.77. The largest absolute Gasteiger partial charge is 0.487 e. The fourth-order valence-corrected chi connectivity index (χ4v) is 3.76. The molecule has 34 heavy (non-hydrogen) atoms. The summed E-state index contributed by atoms with van der Waals surface area (Å²) in [6.07, 6.45) is 1.49. The minimum Gasteiger partial charge on any atom is -0.487 e. The molecule has 3 aromatic rings. The average Bonchev–Trinajstić information content (AvgIpc) is 3.39. The number of benzene rings is 2. The molecule has 0 bridgehead atoms. The number of hydrogen-bond donors (Lipinski definition) is 1. The van der Waals surface area contributed by atoms with E-state index < -0.39 is 10.8 Å². The van der Waals surface area contributed by atoms with Gasteiger partial charge in [0, 0.05) is 49.2 Å². The van der Waals surface area contributed by atoms with Gasteiger partial charge < -0.3 is 24.3 Å². The highest BCUT2D eigenvalue weighted by molar-refractivity contribution is 6.05. The minimum absolute atomic E-state index is 0.114. The molecule has 2 aromatic carbocycles. The minimum atomic E-state index is -0.571. The summed E-state index contributed by atoms with van der Waals surface area (Å²) in [6.45, 7) is 4.52. The van der Waals surface area contributed by atoms with Crippen molar-refractivity contribution in [3.05, 3.63) is 82.3 Å². The Labute approximate surface area is 195 Å². The van der Waals surface area contributed by atoms with Crippen LogP contribution in [0, 0.1) is 10.1 Å². The van der Waals surface area contributed by atoms with E-state index in [0.717, 1.165) is 5.69 Å². The van der Waals surface area contributed by atoms with Gasteiger partial charge in [-0.05, 0) is 55.5 Å². The van der Waals surface area contributed by atoms with E-state index in [1.165, 1.54) is 24.5 Å². The van der Waals surface area contributed by atoms with Crippen molar-refractivity contribution >= 4 is 28.9 Å². The first-order valence-corrected chi connectivity index (χ1v) is 10.9. The zero-order valence-electron chi connectivity index (χ0n) is 18.6. The highest BCUT2D eigenvalue weighted by Crippen LogP contribution is 2.28. The molecule has 1 aromatic heterocycles. The van der Waals surface area contributed by atoms with Crippen LogP contribution in [0.5, 0.6) is 5.75 Å². The lowest BCUT2D eigenvalue weighted by Gasteiger charge is -2.35. The van der Waals surface area contributed by atoms with Gasteiger partial charge in [0.25, 0.3) is 11.8 Å². The van der Waals surface area contributed by atoms with Gasteiger partial charge in [0.1, 0.15) is 0 Å². The Hall–Kier alpha value is -4.34. The number of nitro benzene ring substituents is 1. The molecule has 10 heteroatoms. The summed E-state index contributed by atoms with van der Waals surface area (Å²) < 4.78 is 10.4. The third kappa shape index (κ3) is 5.01. The molecule has 0 radical (unpaired) electrons. The van der Waals surface area contributed by atoms with Crippen molar-refractivity contribution in [3.8, 4) is 5.75 Å². The number of carbonyl (C=O) groups is 2. The van der Waals surface area contributed by atoms with Crippen LogP contribution in [-0.4, -0.2) is 54.4 Å². The summed E-state index contributed by atoms with van der Waals surface area (Å²) in [4.78, 5) is 39.7. The third-order valence-electron chi connectivity index (χ3n) is 5.51.